The van der Waals surface area contributed by atoms with Crippen LogP contribution in [-0.4, -0.2) is 27.7 Å². The van der Waals surface area contributed by atoms with Crippen molar-refractivity contribution < 1.29 is 9.21 Å². The van der Waals surface area contributed by atoms with Crippen LogP contribution in [0.1, 0.15) is 26.7 Å². The molecule has 0 saturated heterocycles. The topological polar surface area (TPSA) is 59.2 Å². The van der Waals surface area contributed by atoms with E-state index < -0.39 is 5.38 Å². The Labute approximate surface area is 145 Å². The second-order valence-corrected chi connectivity index (χ2v) is 7.35. The highest BCUT2D eigenvalue weighted by Crippen LogP contribution is 2.29. The van der Waals surface area contributed by atoms with Crippen LogP contribution >= 0.6 is 23.4 Å². The minimum absolute atomic E-state index is 0.186. The molecule has 7 heteroatoms. The van der Waals surface area contributed by atoms with Crippen LogP contribution < -0.4 is 4.90 Å². The number of amides is 1. The van der Waals surface area contributed by atoms with Crippen LogP contribution in [0.15, 0.2) is 40.0 Å². The first-order valence-electron chi connectivity index (χ1n) is 7.20. The van der Waals surface area contributed by atoms with Gasteiger partial charge in [0.2, 0.25) is 11.8 Å². The molecule has 1 heterocycles. The van der Waals surface area contributed by atoms with Crippen LogP contribution in [0.2, 0.25) is 0 Å². The fourth-order valence-corrected chi connectivity index (χ4v) is 2.35. The predicted molar refractivity (Wildman–Crippen MR) is 92.8 cm³/mol. The number of hydrogen-bond donors (Lipinski definition) is 0. The predicted octanol–water partition coefficient (Wildman–Crippen LogP) is 3.98. The maximum absolute atomic E-state index is 12.9. The molecule has 0 bridgehead atoms. The van der Waals surface area contributed by atoms with Crippen molar-refractivity contribution in [1.29, 1.82) is 0 Å². The lowest BCUT2D eigenvalue weighted by atomic mass is 9.91. The van der Waals surface area contributed by atoms with Gasteiger partial charge in [0.05, 0.1) is 0 Å². The Hall–Kier alpha value is -1.53. The molecule has 5 nitrogen and oxygen atoms in total. The molecule has 1 atom stereocenters. The third-order valence-electron chi connectivity index (χ3n) is 3.23. The number of benzene rings is 1. The highest BCUT2D eigenvalue weighted by molar-refractivity contribution is 7.98. The summed E-state index contributed by atoms with van der Waals surface area (Å²) in [5.41, 5.74) is 0.390. The number of halogens is 1. The van der Waals surface area contributed by atoms with Gasteiger partial charge in [0, 0.05) is 5.69 Å². The minimum Gasteiger partial charge on any atom is -0.414 e. The summed E-state index contributed by atoms with van der Waals surface area (Å²) in [6.45, 7) is 5.99. The Bertz CT molecular complexity index is 655. The molecular formula is C16H20ClN3O2S. The number of para-hydroxylation sites is 1. The van der Waals surface area contributed by atoms with Gasteiger partial charge in [-0.05, 0) is 23.8 Å². The van der Waals surface area contributed by atoms with Crippen LogP contribution in [0.5, 0.6) is 0 Å². The Morgan fingerprint density at radius 2 is 1.96 bits per heavy atom. The van der Waals surface area contributed by atoms with E-state index in [1.165, 1.54) is 11.8 Å². The highest BCUT2D eigenvalue weighted by atomic mass is 35.5. The average Bonchev–Trinajstić information content (AvgIpc) is 2.99. The highest BCUT2D eigenvalue weighted by Gasteiger charge is 2.34. The molecule has 2 rings (SSSR count). The molecule has 0 N–H and O–H groups in total. The van der Waals surface area contributed by atoms with Crippen molar-refractivity contribution in [2.24, 2.45) is 5.41 Å². The molecule has 1 aromatic carbocycles. The molecule has 0 saturated carbocycles. The van der Waals surface area contributed by atoms with Gasteiger partial charge in [-0.25, -0.2) is 0 Å². The van der Waals surface area contributed by atoms with E-state index in [0.29, 0.717) is 11.1 Å². The fraction of sp³-hybridized carbons (Fsp3) is 0.438. The molecule has 0 spiro atoms. The molecule has 0 radical (unpaired) electrons. The molecule has 23 heavy (non-hydrogen) atoms. The maximum Gasteiger partial charge on any atom is 0.276 e. The van der Waals surface area contributed by atoms with Crippen molar-refractivity contribution in [3.63, 3.8) is 0 Å². The van der Waals surface area contributed by atoms with Crippen LogP contribution in [0.4, 0.5) is 5.69 Å². The van der Waals surface area contributed by atoms with Crippen LogP contribution in [0, 0.1) is 5.41 Å². The Kier molecular flexibility index (Phi) is 5.70. The van der Waals surface area contributed by atoms with Crippen molar-refractivity contribution in [2.75, 3.05) is 11.2 Å². The second kappa shape index (κ2) is 7.36. The monoisotopic (exact) mass is 353 g/mol. The average molecular weight is 354 g/mol. The first-order chi connectivity index (χ1) is 10.8. The third-order valence-corrected chi connectivity index (χ3v) is 4.58. The molecule has 1 amide bonds. The van der Waals surface area contributed by atoms with E-state index in [0.717, 1.165) is 5.69 Å². The lowest BCUT2D eigenvalue weighted by Crippen LogP contribution is -2.42. The summed E-state index contributed by atoms with van der Waals surface area (Å²) in [5, 5.41) is 7.70. The van der Waals surface area contributed by atoms with E-state index >= 15 is 0 Å². The number of alkyl halides is 1. The number of aromatic nitrogens is 2. The lowest BCUT2D eigenvalue weighted by molar-refractivity contribution is -0.120. The molecule has 1 unspecified atom stereocenters. The Morgan fingerprint density at radius 3 is 2.48 bits per heavy atom. The lowest BCUT2D eigenvalue weighted by Gasteiger charge is -2.30. The van der Waals surface area contributed by atoms with Gasteiger partial charge in [0.25, 0.3) is 5.22 Å². The van der Waals surface area contributed by atoms with Gasteiger partial charge in [0.1, 0.15) is 11.9 Å². The quantitative estimate of drug-likeness (QED) is 0.601. The second-order valence-electron chi connectivity index (χ2n) is 6.15. The van der Waals surface area contributed by atoms with Crippen molar-refractivity contribution in [2.45, 2.75) is 37.9 Å². The fourth-order valence-electron chi connectivity index (χ4n) is 1.93. The van der Waals surface area contributed by atoms with Gasteiger partial charge in [-0.2, -0.15) is 0 Å². The summed E-state index contributed by atoms with van der Waals surface area (Å²) in [6, 6.07) is 9.35. The molecule has 0 aliphatic carbocycles. The maximum atomic E-state index is 12.9. The number of thioether (sulfide) groups is 1. The SMILES string of the molecule is CSc1nnc(CN(C(=O)C(Cl)C(C)(C)C)c2ccccc2)o1. The number of rotatable bonds is 5. The van der Waals surface area contributed by atoms with Crippen LogP contribution in [0.3, 0.4) is 0 Å². The van der Waals surface area contributed by atoms with Crippen molar-refractivity contribution >= 4 is 35.0 Å². The zero-order valence-electron chi connectivity index (χ0n) is 13.6. The Balaban J connectivity index is 2.30. The summed E-state index contributed by atoms with van der Waals surface area (Å²) < 4.78 is 5.50. The summed E-state index contributed by atoms with van der Waals surface area (Å²) in [7, 11) is 0. The normalized spacial score (nSPS) is 12.9. The van der Waals surface area contributed by atoms with E-state index in [9.17, 15) is 4.79 Å². The van der Waals surface area contributed by atoms with E-state index in [-0.39, 0.29) is 17.9 Å². The van der Waals surface area contributed by atoms with E-state index in [2.05, 4.69) is 10.2 Å². The van der Waals surface area contributed by atoms with Gasteiger partial charge < -0.3 is 9.32 Å². The van der Waals surface area contributed by atoms with Crippen LogP contribution in [0.25, 0.3) is 0 Å². The number of carbonyl (C=O) groups is 1. The van der Waals surface area contributed by atoms with E-state index in [4.69, 9.17) is 16.0 Å². The summed E-state index contributed by atoms with van der Waals surface area (Å²) in [6.07, 6.45) is 1.85. The zero-order valence-corrected chi connectivity index (χ0v) is 15.2. The van der Waals surface area contributed by atoms with Crippen LogP contribution in [-0.2, 0) is 11.3 Å². The molecule has 0 aliphatic rings. The Morgan fingerprint density at radius 1 is 1.30 bits per heavy atom. The number of anilines is 1. The first kappa shape index (κ1) is 17.8. The van der Waals surface area contributed by atoms with Gasteiger partial charge in [0.15, 0.2) is 0 Å². The van der Waals surface area contributed by atoms with Gasteiger partial charge in [-0.1, -0.05) is 50.7 Å². The molecule has 2 aromatic rings. The largest absolute Gasteiger partial charge is 0.414 e. The van der Waals surface area contributed by atoms with E-state index in [1.54, 1.807) is 4.90 Å². The van der Waals surface area contributed by atoms with Crippen molar-refractivity contribution in [3.05, 3.63) is 36.2 Å². The number of hydrogen-bond acceptors (Lipinski definition) is 5. The molecular weight excluding hydrogens is 334 g/mol. The summed E-state index contributed by atoms with van der Waals surface area (Å²) in [4.78, 5) is 14.5. The first-order valence-corrected chi connectivity index (χ1v) is 8.86. The minimum atomic E-state index is -0.661. The van der Waals surface area contributed by atoms with Crippen molar-refractivity contribution in [3.8, 4) is 0 Å². The summed E-state index contributed by atoms with van der Waals surface area (Å²) >= 11 is 7.75. The van der Waals surface area contributed by atoms with E-state index in [1.807, 2.05) is 57.4 Å². The zero-order chi connectivity index (χ0) is 17.0. The van der Waals surface area contributed by atoms with Gasteiger partial charge in [-0.15, -0.1) is 21.8 Å². The van der Waals surface area contributed by atoms with Gasteiger partial charge >= 0.3 is 0 Å². The standard InChI is InChI=1S/C16H20ClN3O2S/c1-16(2,3)13(17)14(21)20(11-8-6-5-7-9-11)10-12-18-19-15(22-12)23-4/h5-9,13H,10H2,1-4H3. The molecule has 0 aliphatic heterocycles. The number of nitrogens with zero attached hydrogens (tertiary/aromatic N) is 3. The summed E-state index contributed by atoms with van der Waals surface area (Å²) in [5.74, 6) is 0.193. The molecule has 0 fully saturated rings. The van der Waals surface area contributed by atoms with Crippen molar-refractivity contribution in [1.82, 2.24) is 10.2 Å². The third kappa shape index (κ3) is 4.48. The smallest absolute Gasteiger partial charge is 0.276 e. The molecule has 1 aromatic heterocycles. The molecule has 124 valence electrons. The number of carbonyl (C=O) groups excluding carboxylic acids is 1. The van der Waals surface area contributed by atoms with Gasteiger partial charge in [-0.3, -0.25) is 4.79 Å².